The molecule has 2 unspecified atom stereocenters. The number of ketones is 2. The minimum Gasteiger partial charge on any atom is -0.370 e. The van der Waals surface area contributed by atoms with E-state index in [2.05, 4.69) is 105 Å². The molecule has 2 aliphatic carbocycles. The lowest BCUT2D eigenvalue weighted by molar-refractivity contribution is -0.162. The third kappa shape index (κ3) is 19.9. The minimum absolute atomic E-state index is 0. The quantitative estimate of drug-likeness (QED) is 0.0465. The monoisotopic (exact) mass is 1200 g/mol. The molecule has 0 saturated carbocycles. The number of allylic oxidation sites excluding steroid dienone is 4. The van der Waals surface area contributed by atoms with Crippen LogP contribution in [-0.2, 0) is 45.3 Å². The van der Waals surface area contributed by atoms with Gasteiger partial charge in [-0.05, 0) is 177 Å². The van der Waals surface area contributed by atoms with Crippen molar-refractivity contribution in [1.29, 1.82) is 10.5 Å². The molecule has 0 radical (unpaired) electrons. The van der Waals surface area contributed by atoms with Gasteiger partial charge < -0.3 is 28.1 Å². The van der Waals surface area contributed by atoms with Gasteiger partial charge in [0.15, 0.2) is 23.0 Å². The van der Waals surface area contributed by atoms with Crippen molar-refractivity contribution >= 4 is 38.9 Å². The molecule has 14 nitrogen and oxygen atoms in total. The average molecular weight is 1210 g/mol. The number of rotatable bonds is 20. The highest BCUT2D eigenvalue weighted by Gasteiger charge is 2.42. The molecule has 0 N–H and O–H groups in total. The Morgan fingerprint density at radius 1 is 0.624 bits per heavy atom. The zero-order valence-electron chi connectivity index (χ0n) is 61.7. The molecule has 2 atom stereocenters. The third-order valence-corrected chi connectivity index (χ3v) is 18.9. The van der Waals surface area contributed by atoms with E-state index in [9.17, 15) is 20.1 Å². The lowest BCUT2D eigenvalue weighted by atomic mass is 9.76. The summed E-state index contributed by atoms with van der Waals surface area (Å²) in [6, 6.07) is 13.3. The van der Waals surface area contributed by atoms with E-state index in [-0.39, 0.29) is 128 Å². The summed E-state index contributed by atoms with van der Waals surface area (Å²) in [6.45, 7) is 38.5. The Bertz CT molecular complexity index is 3530. The lowest BCUT2D eigenvalue weighted by Crippen LogP contribution is -2.44. The van der Waals surface area contributed by atoms with E-state index >= 15 is 0 Å². The number of hydrogen-bond acceptors (Lipinski definition) is 12. The van der Waals surface area contributed by atoms with E-state index in [1.54, 1.807) is 9.13 Å². The summed E-state index contributed by atoms with van der Waals surface area (Å²) >= 11 is 0. The summed E-state index contributed by atoms with van der Waals surface area (Å²) in [5.41, 5.74) is 0.184. The van der Waals surface area contributed by atoms with Crippen LogP contribution in [0.3, 0.4) is 0 Å². The van der Waals surface area contributed by atoms with Crippen molar-refractivity contribution in [3.8, 4) is 12.1 Å². The van der Waals surface area contributed by atoms with Crippen molar-refractivity contribution in [1.82, 2.24) is 29.1 Å². The Morgan fingerprint density at radius 2 is 1.02 bits per heavy atom. The number of hydrogen-bond donors (Lipinski definition) is 0. The summed E-state index contributed by atoms with van der Waals surface area (Å²) in [5, 5.41) is 19.1. The van der Waals surface area contributed by atoms with Gasteiger partial charge in [-0.2, -0.15) is 10.5 Å². The van der Waals surface area contributed by atoms with Gasteiger partial charge in [-0.1, -0.05) is 98.6 Å². The molecule has 2 aliphatic heterocycles. The maximum Gasteiger partial charge on any atom is 0.202 e. The molecule has 4 aliphatic rings. The number of imidazole rings is 2. The summed E-state index contributed by atoms with van der Waals surface area (Å²) in [6.07, 6.45) is -0.401. The van der Waals surface area contributed by atoms with E-state index in [1.807, 2.05) is 64.1 Å². The molecule has 8 rings (SSSR count). The number of pyridine rings is 2. The second-order valence-corrected chi connectivity index (χ2v) is 41.2. The molecular formula is C69H104N8O6Si2. The van der Waals surface area contributed by atoms with Crippen molar-refractivity contribution in [3.63, 3.8) is 0 Å². The number of aromatic nitrogens is 6. The molecule has 0 bridgehead atoms. The summed E-state index contributed by atoms with van der Waals surface area (Å²) in [7, 11) is -2.64. The van der Waals surface area contributed by atoms with Gasteiger partial charge in [-0.15, -0.1) is 0 Å². The van der Waals surface area contributed by atoms with Gasteiger partial charge in [0.2, 0.25) is 11.6 Å². The molecule has 4 aromatic rings. The molecule has 464 valence electrons. The number of nitrogens with zero attached hydrogens (tertiary/aromatic N) is 8. The fourth-order valence-electron chi connectivity index (χ4n) is 11.6. The second-order valence-electron chi connectivity index (χ2n) is 29.9. The van der Waals surface area contributed by atoms with Gasteiger partial charge in [0.1, 0.15) is 25.6 Å². The summed E-state index contributed by atoms with van der Waals surface area (Å²) < 4.78 is 99.5. The topological polar surface area (TPSA) is 180 Å². The highest BCUT2D eigenvalue weighted by Crippen LogP contribution is 2.46. The van der Waals surface area contributed by atoms with Crippen LogP contribution in [-0.4, -0.2) is 92.4 Å². The van der Waals surface area contributed by atoms with Gasteiger partial charge in [-0.3, -0.25) is 19.6 Å². The van der Waals surface area contributed by atoms with Gasteiger partial charge >= 0.3 is 0 Å². The first-order chi connectivity index (χ1) is 42.1. The number of ether oxygens (including phenoxy) is 4. The van der Waals surface area contributed by atoms with Crippen LogP contribution in [0.5, 0.6) is 0 Å². The molecular weight excluding hydrogens is 1090 g/mol. The molecule has 16 heteroatoms. The number of carbonyl (C=O) groups excluding carboxylic acids is 2. The van der Waals surface area contributed by atoms with Crippen LogP contribution >= 0.6 is 0 Å². The van der Waals surface area contributed by atoms with E-state index < -0.39 is 74.9 Å². The zero-order valence-corrected chi connectivity index (χ0v) is 55.7. The molecule has 0 amide bonds. The normalized spacial score (nSPS) is 24.4. The zero-order chi connectivity index (χ0) is 68.9. The molecule has 2 fully saturated rings. The highest BCUT2D eigenvalue weighted by atomic mass is 28.3. The predicted molar refractivity (Wildman–Crippen MR) is 347 cm³/mol. The molecule has 0 aromatic carbocycles. The first kappa shape index (κ1) is 57.5. The van der Waals surface area contributed by atoms with Crippen LogP contribution in [0.1, 0.15) is 244 Å². The number of nitriles is 2. The molecule has 0 spiro atoms. The Labute approximate surface area is 524 Å². The van der Waals surface area contributed by atoms with Crippen molar-refractivity contribution < 1.29 is 39.5 Å². The molecule has 6 heterocycles. The Morgan fingerprint density at radius 3 is 1.41 bits per heavy atom. The van der Waals surface area contributed by atoms with E-state index in [0.29, 0.717) is 50.0 Å². The number of Topliss-reactive ketones (excluding diaryl/α,β-unsaturated/α-hetero) is 2. The largest absolute Gasteiger partial charge is 0.370 e. The third-order valence-electron chi connectivity index (χ3n) is 15.5. The van der Waals surface area contributed by atoms with Gasteiger partial charge in [0.25, 0.3) is 0 Å². The standard InChI is InChI=1S/2C34H50N4O3Si.CH4/c2*1-32(2)14-12-24(13-15-32)30-25(10-11-28(37-30)26-19-33(3,4)41-34(5,6)20-26)18-29(39)31-36-27(21-35)22-38(31)23-40-16-17-42(7,8)9;/h2*10-12,22,26H,13-20,23H2,1-9H3;1H4/i12D,13D2,15D;12D,13D2,14D;. The fraction of sp³-hybridized carbons (Fsp3) is 0.652. The van der Waals surface area contributed by atoms with Crippen molar-refractivity contribution in [2.75, 3.05) is 13.2 Å². The fourth-order valence-corrected chi connectivity index (χ4v) is 13.1. The van der Waals surface area contributed by atoms with Crippen LogP contribution in [0.4, 0.5) is 0 Å². The number of carbonyl (C=O) groups is 2. The van der Waals surface area contributed by atoms with Crippen LogP contribution in [0.15, 0.2) is 48.8 Å². The molecule has 2 saturated heterocycles. The Balaban J connectivity index is 0.000000292. The first-order valence-electron chi connectivity index (χ1n) is 34.1. The van der Waals surface area contributed by atoms with Crippen molar-refractivity contribution in [3.05, 3.63) is 106 Å². The van der Waals surface area contributed by atoms with Crippen molar-refractivity contribution in [2.45, 2.75) is 266 Å². The van der Waals surface area contributed by atoms with Gasteiger partial charge in [0, 0.05) is 86.0 Å². The maximum absolute atomic E-state index is 13.9. The lowest BCUT2D eigenvalue weighted by Gasteiger charge is -2.45. The van der Waals surface area contributed by atoms with Crippen LogP contribution < -0.4 is 0 Å². The van der Waals surface area contributed by atoms with E-state index in [1.165, 1.54) is 12.4 Å². The summed E-state index contributed by atoms with van der Waals surface area (Å²) in [4.78, 5) is 46.4. The molecule has 4 aromatic heterocycles. The highest BCUT2D eigenvalue weighted by molar-refractivity contribution is 6.76. The van der Waals surface area contributed by atoms with Gasteiger partial charge in [0.05, 0.1) is 36.5 Å². The maximum atomic E-state index is 13.9. The minimum atomic E-state index is -2.17. The smallest absolute Gasteiger partial charge is 0.202 e. The predicted octanol–water partition coefficient (Wildman–Crippen LogP) is 16.5. The SMILES string of the molecule is C.[2H]C1=C(c2nc(C3CC(C)(C)OC(C)(C)C3)ccc2CC(=O)c2nc(C#N)cn2COCC[Si](C)(C)C)C([2H])([2H])C([2H])C(C)(C)C1.[2H]C1=C(c2nc(C3CC(C)(C)OC(C)(C)C3)ccc2CC(=O)c2nc(C#N)cn2COCC[Si](C)(C)C)C([2H])([2H])CC(C)(C)C1[2H]. The van der Waals surface area contributed by atoms with Crippen LogP contribution in [0.25, 0.3) is 11.1 Å². The second kappa shape index (κ2) is 27.0. The van der Waals surface area contributed by atoms with Crippen LogP contribution in [0, 0.1) is 33.5 Å². The molecule has 85 heavy (non-hydrogen) atoms. The van der Waals surface area contributed by atoms with E-state index in [0.717, 1.165) is 23.5 Å². The van der Waals surface area contributed by atoms with Crippen molar-refractivity contribution in [2.24, 2.45) is 10.8 Å². The Kier molecular flexibility index (Phi) is 18.3. The summed E-state index contributed by atoms with van der Waals surface area (Å²) in [5.74, 6) is -0.547. The average Bonchev–Trinajstić information content (AvgIpc) is 1.25. The first-order valence-corrected chi connectivity index (χ1v) is 37.3. The van der Waals surface area contributed by atoms with Crippen LogP contribution in [0.2, 0.25) is 51.4 Å². The van der Waals surface area contributed by atoms with E-state index in [4.69, 9.17) is 39.9 Å². The Hall–Kier alpha value is -5.21. The van der Waals surface area contributed by atoms with Gasteiger partial charge in [-0.25, -0.2) is 9.97 Å².